The van der Waals surface area contributed by atoms with Crippen molar-refractivity contribution in [3.8, 4) is 0 Å². The highest BCUT2D eigenvalue weighted by Gasteiger charge is 2.22. The summed E-state index contributed by atoms with van der Waals surface area (Å²) in [6.07, 6.45) is 19.1. The Hall–Kier alpha value is -0.0800. The van der Waals surface area contributed by atoms with E-state index in [1.54, 1.807) is 0 Å². The van der Waals surface area contributed by atoms with Crippen molar-refractivity contribution < 1.29 is 9.47 Å². The van der Waals surface area contributed by atoms with Gasteiger partial charge in [-0.3, -0.25) is 0 Å². The average molecular weight is 313 g/mol. The third-order valence-corrected chi connectivity index (χ3v) is 4.78. The second kappa shape index (κ2) is 14.5. The summed E-state index contributed by atoms with van der Waals surface area (Å²) in [7, 11) is 0. The van der Waals surface area contributed by atoms with Crippen LogP contribution in [0.5, 0.6) is 0 Å². The van der Waals surface area contributed by atoms with Gasteiger partial charge in [0.25, 0.3) is 0 Å². The van der Waals surface area contributed by atoms with Gasteiger partial charge >= 0.3 is 0 Å². The predicted octanol–water partition coefficient (Wildman–Crippen LogP) is 6.27. The Kier molecular flexibility index (Phi) is 13.2. The van der Waals surface area contributed by atoms with E-state index in [1.165, 1.54) is 83.5 Å². The second-order valence-corrected chi connectivity index (χ2v) is 6.98. The smallest absolute Gasteiger partial charge is 0.0599 e. The first-order valence-corrected chi connectivity index (χ1v) is 10.1. The zero-order valence-electron chi connectivity index (χ0n) is 15.3. The largest absolute Gasteiger partial charge is 0.378 e. The third kappa shape index (κ3) is 10.6. The van der Waals surface area contributed by atoms with Crippen molar-refractivity contribution in [3.63, 3.8) is 0 Å². The molecule has 0 N–H and O–H groups in total. The molecule has 0 aliphatic heterocycles. The summed E-state index contributed by atoms with van der Waals surface area (Å²) in [5.74, 6) is 0. The molecular formula is C20H40O2. The van der Waals surface area contributed by atoms with E-state index in [-0.39, 0.29) is 0 Å². The van der Waals surface area contributed by atoms with Gasteiger partial charge in [0.05, 0.1) is 12.2 Å². The molecule has 0 spiro atoms. The molecule has 0 heterocycles. The van der Waals surface area contributed by atoms with Crippen LogP contribution < -0.4 is 0 Å². The lowest BCUT2D eigenvalue weighted by molar-refractivity contribution is -0.0460. The van der Waals surface area contributed by atoms with Gasteiger partial charge in [0.15, 0.2) is 0 Å². The van der Waals surface area contributed by atoms with Crippen LogP contribution in [-0.2, 0) is 9.47 Å². The fourth-order valence-corrected chi connectivity index (χ4v) is 3.32. The molecule has 1 aliphatic rings. The summed E-state index contributed by atoms with van der Waals surface area (Å²) in [6.45, 7) is 6.45. The van der Waals surface area contributed by atoms with E-state index in [1.807, 2.05) is 0 Å². The van der Waals surface area contributed by atoms with Crippen LogP contribution in [0.15, 0.2) is 0 Å². The molecule has 0 bridgehead atoms. The van der Waals surface area contributed by atoms with Crippen molar-refractivity contribution in [1.29, 1.82) is 0 Å². The Bertz CT molecular complexity index is 208. The molecule has 2 heteroatoms. The number of unbranched alkanes of at least 4 members (excludes halogenated alkanes) is 8. The number of hydrogen-bond donors (Lipinski definition) is 0. The van der Waals surface area contributed by atoms with Gasteiger partial charge in [-0.1, -0.05) is 65.2 Å². The molecular weight excluding hydrogens is 272 g/mol. The highest BCUT2D eigenvalue weighted by Crippen LogP contribution is 2.24. The molecule has 0 saturated heterocycles. The standard InChI is InChI=1S/C20H40O2/c1-3-5-7-9-11-16-21-19-14-13-15-20(18-19)22-17-12-10-8-6-4-2/h19-20H,3-18H2,1-2H3. The molecule has 132 valence electrons. The lowest BCUT2D eigenvalue weighted by Gasteiger charge is -2.29. The number of ether oxygens (including phenoxy) is 2. The van der Waals surface area contributed by atoms with E-state index in [0.29, 0.717) is 12.2 Å². The monoisotopic (exact) mass is 312 g/mol. The maximum absolute atomic E-state index is 6.07. The lowest BCUT2D eigenvalue weighted by atomic mass is 9.95. The first-order valence-electron chi connectivity index (χ1n) is 10.1. The van der Waals surface area contributed by atoms with E-state index in [4.69, 9.17) is 9.47 Å². The fourth-order valence-electron chi connectivity index (χ4n) is 3.32. The van der Waals surface area contributed by atoms with Crippen molar-refractivity contribution in [2.24, 2.45) is 0 Å². The summed E-state index contributed by atoms with van der Waals surface area (Å²) in [4.78, 5) is 0. The Labute approximate surface area is 139 Å². The van der Waals surface area contributed by atoms with Crippen molar-refractivity contribution in [2.75, 3.05) is 13.2 Å². The quantitative estimate of drug-likeness (QED) is 0.352. The third-order valence-electron chi connectivity index (χ3n) is 4.78. The first-order chi connectivity index (χ1) is 10.9. The number of hydrogen-bond acceptors (Lipinski definition) is 2. The maximum Gasteiger partial charge on any atom is 0.0599 e. The predicted molar refractivity (Wildman–Crippen MR) is 95.5 cm³/mol. The molecule has 2 unspecified atom stereocenters. The minimum atomic E-state index is 0.463. The molecule has 0 aromatic rings. The van der Waals surface area contributed by atoms with Gasteiger partial charge in [-0.2, -0.15) is 0 Å². The highest BCUT2D eigenvalue weighted by molar-refractivity contribution is 4.74. The van der Waals surface area contributed by atoms with E-state index in [2.05, 4.69) is 13.8 Å². The molecule has 2 nitrogen and oxygen atoms in total. The summed E-state index contributed by atoms with van der Waals surface area (Å²) in [5, 5.41) is 0. The molecule has 0 radical (unpaired) electrons. The van der Waals surface area contributed by atoms with E-state index < -0.39 is 0 Å². The van der Waals surface area contributed by atoms with Crippen LogP contribution in [0.1, 0.15) is 104 Å². The maximum atomic E-state index is 6.07. The van der Waals surface area contributed by atoms with Gasteiger partial charge < -0.3 is 9.47 Å². The molecule has 1 saturated carbocycles. The van der Waals surface area contributed by atoms with Gasteiger partial charge in [0, 0.05) is 13.2 Å². The summed E-state index contributed by atoms with van der Waals surface area (Å²) < 4.78 is 12.1. The van der Waals surface area contributed by atoms with Gasteiger partial charge in [0.2, 0.25) is 0 Å². The second-order valence-electron chi connectivity index (χ2n) is 6.98. The minimum Gasteiger partial charge on any atom is -0.378 e. The van der Waals surface area contributed by atoms with Crippen molar-refractivity contribution in [3.05, 3.63) is 0 Å². The molecule has 1 rings (SSSR count). The van der Waals surface area contributed by atoms with Crippen LogP contribution in [0.25, 0.3) is 0 Å². The molecule has 0 aromatic heterocycles. The summed E-state index contributed by atoms with van der Waals surface area (Å²) >= 11 is 0. The molecule has 1 fully saturated rings. The Morgan fingerprint density at radius 1 is 0.636 bits per heavy atom. The zero-order chi connectivity index (χ0) is 15.9. The van der Waals surface area contributed by atoms with Gasteiger partial charge in [-0.15, -0.1) is 0 Å². The Balaban J connectivity index is 1.96. The van der Waals surface area contributed by atoms with E-state index in [9.17, 15) is 0 Å². The van der Waals surface area contributed by atoms with E-state index in [0.717, 1.165) is 19.6 Å². The van der Waals surface area contributed by atoms with Crippen LogP contribution in [0.4, 0.5) is 0 Å². The van der Waals surface area contributed by atoms with Gasteiger partial charge in [-0.25, -0.2) is 0 Å². The van der Waals surface area contributed by atoms with Crippen LogP contribution in [0.2, 0.25) is 0 Å². The molecule has 0 aromatic carbocycles. The van der Waals surface area contributed by atoms with Crippen LogP contribution in [0, 0.1) is 0 Å². The lowest BCUT2D eigenvalue weighted by Crippen LogP contribution is -2.28. The SMILES string of the molecule is CCCCCCCOC1CCCC(OCCCCCCC)C1. The minimum absolute atomic E-state index is 0.463. The number of rotatable bonds is 14. The molecule has 1 aliphatic carbocycles. The zero-order valence-corrected chi connectivity index (χ0v) is 15.3. The van der Waals surface area contributed by atoms with Crippen molar-refractivity contribution >= 4 is 0 Å². The molecule has 0 amide bonds. The highest BCUT2D eigenvalue weighted by atomic mass is 16.5. The van der Waals surface area contributed by atoms with Crippen molar-refractivity contribution in [2.45, 2.75) is 116 Å². The van der Waals surface area contributed by atoms with Crippen LogP contribution >= 0.6 is 0 Å². The van der Waals surface area contributed by atoms with E-state index >= 15 is 0 Å². The topological polar surface area (TPSA) is 18.5 Å². The Morgan fingerprint density at radius 2 is 1.09 bits per heavy atom. The summed E-state index contributed by atoms with van der Waals surface area (Å²) in [6, 6.07) is 0. The van der Waals surface area contributed by atoms with Gasteiger partial charge in [0.1, 0.15) is 0 Å². The van der Waals surface area contributed by atoms with Gasteiger partial charge in [-0.05, 0) is 38.5 Å². The summed E-state index contributed by atoms with van der Waals surface area (Å²) in [5.41, 5.74) is 0. The molecule has 22 heavy (non-hydrogen) atoms. The normalized spacial score (nSPS) is 22.1. The fraction of sp³-hybridized carbons (Fsp3) is 1.00. The van der Waals surface area contributed by atoms with Crippen molar-refractivity contribution in [1.82, 2.24) is 0 Å². The molecule has 2 atom stereocenters. The van der Waals surface area contributed by atoms with Crippen LogP contribution in [0.3, 0.4) is 0 Å². The van der Waals surface area contributed by atoms with Crippen LogP contribution in [-0.4, -0.2) is 25.4 Å². The average Bonchev–Trinajstić information content (AvgIpc) is 2.54. The first kappa shape index (κ1) is 20.0. The Morgan fingerprint density at radius 3 is 1.55 bits per heavy atom.